The van der Waals surface area contributed by atoms with Crippen molar-refractivity contribution in [1.82, 2.24) is 10.2 Å². The Hall–Kier alpha value is -2.36. The molecule has 1 fully saturated rings. The first-order valence-electron chi connectivity index (χ1n) is 10.8. The van der Waals surface area contributed by atoms with E-state index in [4.69, 9.17) is 0 Å². The number of rotatable bonds is 8. The summed E-state index contributed by atoms with van der Waals surface area (Å²) in [5.74, 6) is -0.494. The summed E-state index contributed by atoms with van der Waals surface area (Å²) in [6.45, 7) is 6.23. The summed E-state index contributed by atoms with van der Waals surface area (Å²) < 4.78 is 0. The number of thioether (sulfide) groups is 3. The van der Waals surface area contributed by atoms with Gasteiger partial charge in [-0.25, -0.2) is 4.79 Å². The molecule has 2 unspecified atom stereocenters. The lowest BCUT2D eigenvalue weighted by Crippen LogP contribution is -2.70. The quantitative estimate of drug-likeness (QED) is 0.403. The molecule has 178 valence electrons. The molecule has 2 aromatic rings. The van der Waals surface area contributed by atoms with E-state index in [-0.39, 0.29) is 28.6 Å². The zero-order valence-electron chi connectivity index (χ0n) is 19.2. The maximum atomic E-state index is 12.9. The molecule has 34 heavy (non-hydrogen) atoms. The average molecular weight is 515 g/mol. The number of β-lactam (4-membered cyclic amide) rings is 1. The van der Waals surface area contributed by atoms with E-state index in [1.54, 1.807) is 11.8 Å². The Morgan fingerprint density at radius 2 is 1.76 bits per heavy atom. The van der Waals surface area contributed by atoms with Crippen LogP contribution in [-0.4, -0.2) is 56.5 Å². The smallest absolute Gasteiger partial charge is 0.352 e. The predicted molar refractivity (Wildman–Crippen MR) is 138 cm³/mol. The van der Waals surface area contributed by atoms with Crippen LogP contribution in [-0.2, 0) is 14.4 Å². The third-order valence-electron chi connectivity index (χ3n) is 5.99. The number of hydrogen-bond donors (Lipinski definition) is 2. The molecule has 1 saturated heterocycles. The van der Waals surface area contributed by atoms with Crippen LogP contribution in [0.15, 0.2) is 63.5 Å². The van der Waals surface area contributed by atoms with E-state index < -0.39 is 12.0 Å². The highest BCUT2D eigenvalue weighted by Crippen LogP contribution is 2.41. The highest BCUT2D eigenvalue weighted by Gasteiger charge is 2.54. The van der Waals surface area contributed by atoms with Gasteiger partial charge in [-0.3, -0.25) is 14.5 Å². The Bertz CT molecular complexity index is 1140. The summed E-state index contributed by atoms with van der Waals surface area (Å²) in [6, 6.07) is 13.1. The summed E-state index contributed by atoms with van der Waals surface area (Å²) in [7, 11) is 0. The Kier molecular flexibility index (Phi) is 7.64. The zero-order chi connectivity index (χ0) is 24.4. The maximum absolute atomic E-state index is 12.9. The van der Waals surface area contributed by atoms with Gasteiger partial charge >= 0.3 is 5.97 Å². The van der Waals surface area contributed by atoms with Gasteiger partial charge in [-0.2, -0.15) is 0 Å². The van der Waals surface area contributed by atoms with Crippen molar-refractivity contribution in [2.45, 2.75) is 42.0 Å². The fourth-order valence-electron chi connectivity index (χ4n) is 3.92. The fourth-order valence-corrected chi connectivity index (χ4v) is 7.23. The number of carbonyl (C=O) groups excluding carboxylic acids is 2. The van der Waals surface area contributed by atoms with Crippen LogP contribution in [0.3, 0.4) is 0 Å². The molecule has 2 amide bonds. The van der Waals surface area contributed by atoms with E-state index in [0.29, 0.717) is 11.5 Å². The minimum atomic E-state index is -1.10. The average Bonchev–Trinajstić information content (AvgIpc) is 2.83. The van der Waals surface area contributed by atoms with Crippen molar-refractivity contribution in [3.8, 4) is 0 Å². The molecule has 0 aromatic heterocycles. The van der Waals surface area contributed by atoms with Gasteiger partial charge in [-0.1, -0.05) is 18.2 Å². The molecule has 0 aliphatic carbocycles. The molecule has 2 atom stereocenters. The van der Waals surface area contributed by atoms with E-state index in [9.17, 15) is 19.5 Å². The van der Waals surface area contributed by atoms with Crippen LogP contribution in [0.2, 0.25) is 0 Å². The lowest BCUT2D eigenvalue weighted by atomic mass is 10.0. The number of aliphatic carboxylic acids is 1. The van der Waals surface area contributed by atoms with Crippen molar-refractivity contribution in [3.05, 3.63) is 70.4 Å². The third-order valence-corrected chi connectivity index (χ3v) is 9.41. The highest BCUT2D eigenvalue weighted by atomic mass is 32.2. The van der Waals surface area contributed by atoms with Crippen LogP contribution in [0, 0.1) is 20.8 Å². The molecule has 2 aliphatic heterocycles. The van der Waals surface area contributed by atoms with Gasteiger partial charge in [0.2, 0.25) is 5.91 Å². The van der Waals surface area contributed by atoms with Gasteiger partial charge in [-0.15, -0.1) is 35.3 Å². The van der Waals surface area contributed by atoms with Crippen molar-refractivity contribution in [3.63, 3.8) is 0 Å². The number of nitrogens with one attached hydrogen (secondary N) is 1. The minimum Gasteiger partial charge on any atom is -0.477 e. The number of nitrogens with zero attached hydrogens (tertiary/aromatic N) is 1. The van der Waals surface area contributed by atoms with Gasteiger partial charge < -0.3 is 10.4 Å². The van der Waals surface area contributed by atoms with E-state index >= 15 is 0 Å². The molecule has 4 rings (SSSR count). The standard InChI is InChI=1S/C25H26N2O4S3/c1-14-9-19(10-15(2)16(14)3)32-11-17-12-34-24-21(23(29)27(24)22(17)25(30)31)26-20(28)13-33-18-7-5-4-6-8-18/h4-10,21,24H,11-13H2,1-3H3,(H,26,28)(H,30,31). The number of carbonyl (C=O) groups is 3. The SMILES string of the molecule is Cc1cc(SCC2=C(C(=O)O)N3C(=O)C(NC(=O)CSc4ccccc4)C3SC2)cc(C)c1C. The second kappa shape index (κ2) is 10.5. The normalized spacial score (nSPS) is 19.5. The summed E-state index contributed by atoms with van der Waals surface area (Å²) >= 11 is 4.49. The van der Waals surface area contributed by atoms with E-state index in [1.165, 1.54) is 45.1 Å². The topological polar surface area (TPSA) is 86.7 Å². The molecule has 6 nitrogen and oxygen atoms in total. The molecule has 2 heterocycles. The second-order valence-corrected chi connectivity index (χ2v) is 11.5. The van der Waals surface area contributed by atoms with Crippen LogP contribution in [0.25, 0.3) is 0 Å². The first kappa shape index (κ1) is 24.8. The van der Waals surface area contributed by atoms with E-state index in [0.717, 1.165) is 15.4 Å². The Balaban J connectivity index is 1.41. The van der Waals surface area contributed by atoms with Gasteiger partial charge in [-0.05, 0) is 67.3 Å². The van der Waals surface area contributed by atoms with Crippen LogP contribution >= 0.6 is 35.3 Å². The lowest BCUT2D eigenvalue weighted by molar-refractivity contribution is -0.150. The Morgan fingerprint density at radius 1 is 1.09 bits per heavy atom. The number of carboxylic acid groups (broad SMARTS) is 1. The molecular formula is C25H26N2O4S3. The lowest BCUT2D eigenvalue weighted by Gasteiger charge is -2.49. The summed E-state index contributed by atoms with van der Waals surface area (Å²) in [5, 5.41) is 12.3. The highest BCUT2D eigenvalue weighted by molar-refractivity contribution is 8.01. The van der Waals surface area contributed by atoms with Crippen LogP contribution in [0.5, 0.6) is 0 Å². The molecule has 0 bridgehead atoms. The van der Waals surface area contributed by atoms with Gasteiger partial charge in [0.25, 0.3) is 5.91 Å². The van der Waals surface area contributed by atoms with Gasteiger partial charge in [0.05, 0.1) is 5.75 Å². The van der Waals surface area contributed by atoms with Crippen molar-refractivity contribution >= 4 is 53.1 Å². The Morgan fingerprint density at radius 3 is 2.41 bits per heavy atom. The monoisotopic (exact) mass is 514 g/mol. The first-order valence-corrected chi connectivity index (χ1v) is 13.9. The number of benzene rings is 2. The summed E-state index contributed by atoms with van der Waals surface area (Å²) in [4.78, 5) is 40.8. The molecule has 2 aromatic carbocycles. The zero-order valence-corrected chi connectivity index (χ0v) is 21.6. The number of carboxylic acids is 1. The largest absolute Gasteiger partial charge is 0.477 e. The van der Waals surface area contributed by atoms with Gasteiger partial charge in [0, 0.05) is 21.3 Å². The third kappa shape index (κ3) is 5.16. The van der Waals surface area contributed by atoms with Crippen LogP contribution < -0.4 is 5.32 Å². The first-order chi connectivity index (χ1) is 16.3. The Labute approximate surface area is 211 Å². The second-order valence-electron chi connectivity index (χ2n) is 8.28. The van der Waals surface area contributed by atoms with Crippen molar-refractivity contribution in [2.24, 2.45) is 0 Å². The van der Waals surface area contributed by atoms with E-state index in [2.05, 4.69) is 38.2 Å². The fraction of sp³-hybridized carbons (Fsp3) is 0.320. The van der Waals surface area contributed by atoms with Gasteiger partial charge in [0.1, 0.15) is 17.1 Å². The molecule has 0 radical (unpaired) electrons. The van der Waals surface area contributed by atoms with Crippen LogP contribution in [0.1, 0.15) is 16.7 Å². The van der Waals surface area contributed by atoms with Gasteiger partial charge in [0.15, 0.2) is 0 Å². The molecule has 2 N–H and O–H groups in total. The molecule has 2 aliphatic rings. The summed E-state index contributed by atoms with van der Waals surface area (Å²) in [5.41, 5.74) is 4.45. The number of amides is 2. The molecule has 0 spiro atoms. The number of fused-ring (bicyclic) bond motifs is 1. The molecule has 0 saturated carbocycles. The number of hydrogen-bond acceptors (Lipinski definition) is 6. The minimum absolute atomic E-state index is 0.0611. The number of aryl methyl sites for hydroxylation is 2. The van der Waals surface area contributed by atoms with E-state index in [1.807, 2.05) is 30.3 Å². The molecular weight excluding hydrogens is 488 g/mol. The van der Waals surface area contributed by atoms with Crippen molar-refractivity contribution < 1.29 is 19.5 Å². The molecule has 9 heteroatoms. The van der Waals surface area contributed by atoms with Crippen LogP contribution in [0.4, 0.5) is 0 Å². The van der Waals surface area contributed by atoms with Crippen molar-refractivity contribution in [1.29, 1.82) is 0 Å². The maximum Gasteiger partial charge on any atom is 0.352 e. The summed E-state index contributed by atoms with van der Waals surface area (Å²) in [6.07, 6.45) is 0. The predicted octanol–water partition coefficient (Wildman–Crippen LogP) is 4.23. The van der Waals surface area contributed by atoms with Crippen molar-refractivity contribution in [2.75, 3.05) is 17.3 Å².